The zero-order chi connectivity index (χ0) is 24.1. The van der Waals surface area contributed by atoms with E-state index in [0.29, 0.717) is 22.3 Å². The molecule has 0 aliphatic rings. The van der Waals surface area contributed by atoms with E-state index in [1.165, 1.54) is 35.1 Å². The first kappa shape index (κ1) is 23.9. The number of esters is 1. The largest absolute Gasteiger partial charge is 0.465 e. The molecule has 0 saturated carbocycles. The maximum atomic E-state index is 12.8. The van der Waals surface area contributed by atoms with Crippen molar-refractivity contribution >= 4 is 51.3 Å². The number of aromatic nitrogens is 3. The molecule has 0 unspecified atom stereocenters. The Kier molecular flexibility index (Phi) is 7.61. The highest BCUT2D eigenvalue weighted by atomic mass is 32.2. The number of carbonyl (C=O) groups is 2. The van der Waals surface area contributed by atoms with Crippen LogP contribution in [0.4, 0.5) is 5.00 Å². The lowest BCUT2D eigenvalue weighted by Gasteiger charge is -2.09. The van der Waals surface area contributed by atoms with Crippen molar-refractivity contribution in [3.05, 3.63) is 70.3 Å². The third-order valence-electron chi connectivity index (χ3n) is 4.87. The molecule has 0 aliphatic carbocycles. The average molecular weight is 511 g/mol. The van der Waals surface area contributed by atoms with Gasteiger partial charge in [-0.3, -0.25) is 9.36 Å². The Morgan fingerprint density at radius 1 is 1.18 bits per heavy atom. The summed E-state index contributed by atoms with van der Waals surface area (Å²) in [7, 11) is 1.33. The van der Waals surface area contributed by atoms with Crippen LogP contribution in [0.25, 0.3) is 22.5 Å². The minimum Gasteiger partial charge on any atom is -0.465 e. The topological polar surface area (TPSA) is 86.1 Å². The number of nitrogens with one attached hydrogen (secondary N) is 1. The van der Waals surface area contributed by atoms with Gasteiger partial charge < -0.3 is 10.1 Å². The number of ether oxygens (including phenoxy) is 1. The van der Waals surface area contributed by atoms with E-state index in [1.807, 2.05) is 52.6 Å². The van der Waals surface area contributed by atoms with Crippen LogP contribution in [-0.2, 0) is 16.1 Å². The van der Waals surface area contributed by atoms with E-state index in [1.54, 1.807) is 17.4 Å². The number of anilines is 1. The first-order valence-electron chi connectivity index (χ1n) is 10.3. The molecule has 34 heavy (non-hydrogen) atoms. The van der Waals surface area contributed by atoms with Crippen LogP contribution in [0.1, 0.15) is 15.2 Å². The molecule has 3 heterocycles. The number of allylic oxidation sites excluding steroid dienone is 1. The van der Waals surface area contributed by atoms with E-state index in [9.17, 15) is 9.59 Å². The van der Waals surface area contributed by atoms with Crippen LogP contribution in [0.2, 0.25) is 0 Å². The SMILES string of the molecule is C=CCn1c(SCC(=O)Nc2scc(-c3ccccc3)c2C(=O)OC)nnc1-c1csc(C)c1. The molecule has 0 spiro atoms. The van der Waals surface area contributed by atoms with E-state index >= 15 is 0 Å². The van der Waals surface area contributed by atoms with Gasteiger partial charge in [-0.15, -0.1) is 39.4 Å². The lowest BCUT2D eigenvalue weighted by atomic mass is 10.0. The van der Waals surface area contributed by atoms with E-state index in [0.717, 1.165) is 22.5 Å². The maximum Gasteiger partial charge on any atom is 0.341 e. The highest BCUT2D eigenvalue weighted by Gasteiger charge is 2.23. The standard InChI is InChI=1S/C24H22N4O3S3/c1-4-10-28-21(17-11-15(2)32-12-17)26-27-24(28)34-14-19(29)25-22-20(23(30)31-3)18(13-33-22)16-8-6-5-7-9-16/h4-9,11-13H,1,10,14H2,2-3H3,(H,25,29). The molecule has 1 N–H and O–H groups in total. The number of hydrogen-bond acceptors (Lipinski definition) is 8. The predicted octanol–water partition coefficient (Wildman–Crippen LogP) is 5.75. The van der Waals surface area contributed by atoms with Gasteiger partial charge in [-0.2, -0.15) is 0 Å². The summed E-state index contributed by atoms with van der Waals surface area (Å²) >= 11 is 4.22. The molecule has 0 saturated heterocycles. The summed E-state index contributed by atoms with van der Waals surface area (Å²) < 4.78 is 6.91. The molecular weight excluding hydrogens is 488 g/mol. The Hall–Kier alpha value is -3.21. The summed E-state index contributed by atoms with van der Waals surface area (Å²) in [6.45, 7) is 6.39. The van der Waals surface area contributed by atoms with Gasteiger partial charge in [-0.1, -0.05) is 48.2 Å². The van der Waals surface area contributed by atoms with Gasteiger partial charge in [0, 0.05) is 33.3 Å². The van der Waals surface area contributed by atoms with E-state index in [-0.39, 0.29) is 11.7 Å². The number of nitrogens with zero attached hydrogens (tertiary/aromatic N) is 3. The molecule has 1 aromatic carbocycles. The van der Waals surface area contributed by atoms with Crippen LogP contribution in [0.5, 0.6) is 0 Å². The van der Waals surface area contributed by atoms with Crippen molar-refractivity contribution in [1.82, 2.24) is 14.8 Å². The third-order valence-corrected chi connectivity index (χ3v) is 7.59. The fraction of sp³-hybridized carbons (Fsp3) is 0.167. The lowest BCUT2D eigenvalue weighted by molar-refractivity contribution is -0.113. The van der Waals surface area contributed by atoms with Crippen LogP contribution in [0, 0.1) is 6.92 Å². The Labute approximate surface area is 209 Å². The van der Waals surface area contributed by atoms with Crippen molar-refractivity contribution in [2.24, 2.45) is 0 Å². The number of methoxy groups -OCH3 is 1. The minimum absolute atomic E-state index is 0.108. The number of thiophene rings is 2. The van der Waals surface area contributed by atoms with Gasteiger partial charge in [0.25, 0.3) is 0 Å². The van der Waals surface area contributed by atoms with Crippen molar-refractivity contribution < 1.29 is 14.3 Å². The molecule has 174 valence electrons. The summed E-state index contributed by atoms with van der Waals surface area (Å²) in [6, 6.07) is 11.6. The van der Waals surface area contributed by atoms with Crippen LogP contribution >= 0.6 is 34.4 Å². The van der Waals surface area contributed by atoms with Crippen molar-refractivity contribution in [3.63, 3.8) is 0 Å². The van der Waals surface area contributed by atoms with Gasteiger partial charge in [-0.05, 0) is 18.6 Å². The molecule has 10 heteroatoms. The summed E-state index contributed by atoms with van der Waals surface area (Å²) in [6.07, 6.45) is 1.77. The molecule has 0 bridgehead atoms. The molecule has 3 aromatic heterocycles. The van der Waals surface area contributed by atoms with Gasteiger partial charge in [0.2, 0.25) is 5.91 Å². The number of rotatable bonds is 9. The second kappa shape index (κ2) is 10.8. The van der Waals surface area contributed by atoms with Gasteiger partial charge in [0.05, 0.1) is 12.9 Å². The summed E-state index contributed by atoms with van der Waals surface area (Å²) in [4.78, 5) is 26.5. The van der Waals surface area contributed by atoms with Gasteiger partial charge in [0.1, 0.15) is 10.6 Å². The van der Waals surface area contributed by atoms with Gasteiger partial charge in [-0.25, -0.2) is 4.79 Å². The van der Waals surface area contributed by atoms with Crippen molar-refractivity contribution in [3.8, 4) is 22.5 Å². The van der Waals surface area contributed by atoms with E-state index < -0.39 is 5.97 Å². The molecule has 0 radical (unpaired) electrons. The average Bonchev–Trinajstić information content (AvgIpc) is 3.56. The fourth-order valence-corrected chi connectivity index (χ4v) is 5.74. The number of amides is 1. The lowest BCUT2D eigenvalue weighted by Crippen LogP contribution is -2.16. The van der Waals surface area contributed by atoms with Gasteiger partial charge >= 0.3 is 5.97 Å². The number of hydrogen-bond donors (Lipinski definition) is 1. The van der Waals surface area contributed by atoms with Crippen molar-refractivity contribution in [2.45, 2.75) is 18.6 Å². The summed E-state index contributed by atoms with van der Waals surface area (Å²) in [5, 5.41) is 16.4. The van der Waals surface area contributed by atoms with Crippen LogP contribution in [0.3, 0.4) is 0 Å². The Balaban J connectivity index is 1.51. The second-order valence-corrected chi connectivity index (χ2v) is 10.1. The number of benzene rings is 1. The Morgan fingerprint density at radius 3 is 2.65 bits per heavy atom. The molecule has 0 aliphatic heterocycles. The summed E-state index contributed by atoms with van der Waals surface area (Å²) in [5.74, 6) is 0.102. The predicted molar refractivity (Wildman–Crippen MR) is 139 cm³/mol. The Morgan fingerprint density at radius 2 is 1.97 bits per heavy atom. The van der Waals surface area contributed by atoms with Gasteiger partial charge in [0.15, 0.2) is 11.0 Å². The molecule has 0 atom stereocenters. The maximum absolute atomic E-state index is 12.8. The highest BCUT2D eigenvalue weighted by Crippen LogP contribution is 2.36. The van der Waals surface area contributed by atoms with Crippen molar-refractivity contribution in [2.75, 3.05) is 18.2 Å². The van der Waals surface area contributed by atoms with Crippen LogP contribution in [-0.4, -0.2) is 39.5 Å². The Bertz CT molecular complexity index is 1320. The number of carbonyl (C=O) groups excluding carboxylic acids is 2. The third kappa shape index (κ3) is 5.14. The van der Waals surface area contributed by atoms with Crippen molar-refractivity contribution in [1.29, 1.82) is 0 Å². The molecule has 1 amide bonds. The highest BCUT2D eigenvalue weighted by molar-refractivity contribution is 7.99. The monoisotopic (exact) mass is 510 g/mol. The van der Waals surface area contributed by atoms with E-state index in [4.69, 9.17) is 4.74 Å². The zero-order valence-electron chi connectivity index (χ0n) is 18.6. The normalized spacial score (nSPS) is 10.8. The molecule has 0 fully saturated rings. The number of aryl methyl sites for hydroxylation is 1. The first-order chi connectivity index (χ1) is 16.5. The fourth-order valence-electron chi connectivity index (χ4n) is 3.34. The van der Waals surface area contributed by atoms with E-state index in [2.05, 4.69) is 28.2 Å². The smallest absolute Gasteiger partial charge is 0.341 e. The first-order valence-corrected chi connectivity index (χ1v) is 13.0. The minimum atomic E-state index is -0.496. The summed E-state index contributed by atoms with van der Waals surface area (Å²) in [5.41, 5.74) is 2.94. The molecule has 4 aromatic rings. The molecule has 7 nitrogen and oxygen atoms in total. The zero-order valence-corrected chi connectivity index (χ0v) is 21.1. The second-order valence-electron chi connectivity index (χ2n) is 7.20. The quantitative estimate of drug-likeness (QED) is 0.175. The number of thioether (sulfide) groups is 1. The molecular formula is C24H22N4O3S3. The molecule has 4 rings (SSSR count). The van der Waals surface area contributed by atoms with Crippen LogP contribution in [0.15, 0.2) is 65.0 Å². The van der Waals surface area contributed by atoms with Crippen LogP contribution < -0.4 is 5.32 Å².